The summed E-state index contributed by atoms with van der Waals surface area (Å²) in [5.41, 5.74) is 2.22. The van der Waals surface area contributed by atoms with Crippen molar-refractivity contribution in [3.8, 4) is 5.75 Å². The van der Waals surface area contributed by atoms with E-state index in [-0.39, 0.29) is 24.1 Å². The van der Waals surface area contributed by atoms with Crippen molar-refractivity contribution >= 4 is 23.2 Å². The number of hydrogen-bond donors (Lipinski definition) is 1. The molecule has 0 unspecified atom stereocenters. The highest BCUT2D eigenvalue weighted by molar-refractivity contribution is 5.97. The Kier molecular flexibility index (Phi) is 6.82. The Balaban J connectivity index is 1.60. The van der Waals surface area contributed by atoms with Crippen LogP contribution in [0.2, 0.25) is 0 Å². The second-order valence-corrected chi connectivity index (χ2v) is 7.02. The van der Waals surface area contributed by atoms with Crippen LogP contribution in [0.25, 0.3) is 0 Å². The number of nitrogens with zero attached hydrogens (tertiary/aromatic N) is 2. The molecular formula is C22H26FN3O3. The van der Waals surface area contributed by atoms with Gasteiger partial charge in [-0.2, -0.15) is 0 Å². The van der Waals surface area contributed by atoms with E-state index in [4.69, 9.17) is 4.74 Å². The zero-order valence-corrected chi connectivity index (χ0v) is 16.8. The van der Waals surface area contributed by atoms with Crippen molar-refractivity contribution in [2.24, 2.45) is 0 Å². The number of methoxy groups -OCH3 is 1. The van der Waals surface area contributed by atoms with Gasteiger partial charge >= 0.3 is 0 Å². The molecule has 0 spiro atoms. The number of halogens is 1. The van der Waals surface area contributed by atoms with Gasteiger partial charge in [0.05, 0.1) is 13.7 Å². The molecule has 2 aromatic carbocycles. The highest BCUT2D eigenvalue weighted by Gasteiger charge is 2.22. The third-order valence-corrected chi connectivity index (χ3v) is 4.95. The fraction of sp³-hybridized carbons (Fsp3) is 0.364. The van der Waals surface area contributed by atoms with Gasteiger partial charge in [-0.15, -0.1) is 0 Å². The van der Waals surface area contributed by atoms with Gasteiger partial charge < -0.3 is 15.0 Å². The molecule has 1 N–H and O–H groups in total. The summed E-state index contributed by atoms with van der Waals surface area (Å²) in [5, 5.41) is 2.89. The Labute approximate surface area is 170 Å². The zero-order valence-electron chi connectivity index (χ0n) is 16.8. The van der Waals surface area contributed by atoms with Crippen molar-refractivity contribution in [1.82, 2.24) is 4.90 Å². The molecule has 29 heavy (non-hydrogen) atoms. The third kappa shape index (κ3) is 5.32. The van der Waals surface area contributed by atoms with Crippen LogP contribution in [-0.2, 0) is 16.1 Å². The van der Waals surface area contributed by atoms with Crippen LogP contribution in [0.15, 0.2) is 42.5 Å². The summed E-state index contributed by atoms with van der Waals surface area (Å²) in [4.78, 5) is 28.1. The number of nitrogens with one attached hydrogen (secondary N) is 1. The van der Waals surface area contributed by atoms with Crippen molar-refractivity contribution in [1.29, 1.82) is 0 Å². The monoisotopic (exact) mass is 399 g/mol. The zero-order chi connectivity index (χ0) is 20.8. The standard InChI is InChI=1S/C22H26FN3O3/c1-3-25(14-16-9-10-20(29-2)19(23)12-16)15-21(27)24-17-6-4-7-18(13-17)26-11-5-8-22(26)28/h4,6-7,9-10,12-13H,3,5,8,11,14-15H2,1-2H3,(H,24,27). The lowest BCUT2D eigenvalue weighted by molar-refractivity contribution is -0.118. The SMILES string of the molecule is CCN(CC(=O)Nc1cccc(N2CCCC2=O)c1)Cc1ccc(OC)c(F)c1. The van der Waals surface area contributed by atoms with E-state index in [0.717, 1.165) is 17.7 Å². The number of ether oxygens (including phenoxy) is 1. The van der Waals surface area contributed by atoms with Gasteiger partial charge in [0.1, 0.15) is 0 Å². The van der Waals surface area contributed by atoms with E-state index >= 15 is 0 Å². The maximum atomic E-state index is 13.9. The van der Waals surface area contributed by atoms with E-state index in [2.05, 4.69) is 5.32 Å². The maximum absolute atomic E-state index is 13.9. The van der Waals surface area contributed by atoms with E-state index in [1.54, 1.807) is 23.1 Å². The van der Waals surface area contributed by atoms with Crippen LogP contribution in [0.4, 0.5) is 15.8 Å². The lowest BCUT2D eigenvalue weighted by atomic mass is 10.2. The number of carbonyl (C=O) groups is 2. The predicted octanol–water partition coefficient (Wildman–Crippen LogP) is 3.42. The van der Waals surface area contributed by atoms with E-state index < -0.39 is 5.82 Å². The normalized spacial score (nSPS) is 13.8. The lowest BCUT2D eigenvalue weighted by Crippen LogP contribution is -2.32. The Bertz CT molecular complexity index is 887. The molecule has 0 aromatic heterocycles. The van der Waals surface area contributed by atoms with Crippen molar-refractivity contribution in [3.63, 3.8) is 0 Å². The number of benzene rings is 2. The topological polar surface area (TPSA) is 61.9 Å². The Morgan fingerprint density at radius 3 is 2.76 bits per heavy atom. The number of anilines is 2. The van der Waals surface area contributed by atoms with Gasteiger partial charge in [-0.3, -0.25) is 14.5 Å². The Morgan fingerprint density at radius 1 is 1.28 bits per heavy atom. The second-order valence-electron chi connectivity index (χ2n) is 7.02. The minimum absolute atomic E-state index is 0.109. The quantitative estimate of drug-likeness (QED) is 0.739. The van der Waals surface area contributed by atoms with Gasteiger partial charge in [0.2, 0.25) is 11.8 Å². The second kappa shape index (κ2) is 9.52. The molecule has 0 saturated carbocycles. The molecule has 1 saturated heterocycles. The first-order valence-corrected chi connectivity index (χ1v) is 9.75. The fourth-order valence-electron chi connectivity index (χ4n) is 3.42. The van der Waals surface area contributed by atoms with Crippen LogP contribution in [0.1, 0.15) is 25.3 Å². The summed E-state index contributed by atoms with van der Waals surface area (Å²) in [7, 11) is 1.43. The minimum atomic E-state index is -0.418. The molecule has 0 atom stereocenters. The summed E-state index contributed by atoms with van der Waals surface area (Å²) >= 11 is 0. The molecule has 1 heterocycles. The van der Waals surface area contributed by atoms with E-state index in [9.17, 15) is 14.0 Å². The lowest BCUT2D eigenvalue weighted by Gasteiger charge is -2.21. The molecule has 0 bridgehead atoms. The maximum Gasteiger partial charge on any atom is 0.238 e. The average Bonchev–Trinajstić information content (AvgIpc) is 3.13. The van der Waals surface area contributed by atoms with E-state index in [1.165, 1.54) is 13.2 Å². The first-order valence-electron chi connectivity index (χ1n) is 9.75. The van der Waals surface area contributed by atoms with Crippen LogP contribution in [0.3, 0.4) is 0 Å². The van der Waals surface area contributed by atoms with Gasteiger partial charge in [-0.1, -0.05) is 19.1 Å². The summed E-state index contributed by atoms with van der Waals surface area (Å²) in [6.45, 7) is 3.93. The summed E-state index contributed by atoms with van der Waals surface area (Å²) in [5.74, 6) is -0.271. The number of carbonyl (C=O) groups excluding carboxylic acids is 2. The van der Waals surface area contributed by atoms with Gasteiger partial charge in [0, 0.05) is 30.9 Å². The van der Waals surface area contributed by atoms with Crippen LogP contribution in [0, 0.1) is 5.82 Å². The van der Waals surface area contributed by atoms with Crippen molar-refractivity contribution < 1.29 is 18.7 Å². The minimum Gasteiger partial charge on any atom is -0.494 e. The number of likely N-dealkylation sites (N-methyl/N-ethyl adjacent to an activating group) is 1. The van der Waals surface area contributed by atoms with Crippen molar-refractivity contribution in [3.05, 3.63) is 53.8 Å². The van der Waals surface area contributed by atoms with Crippen molar-refractivity contribution in [2.45, 2.75) is 26.3 Å². The Hall–Kier alpha value is -2.93. The van der Waals surface area contributed by atoms with Crippen LogP contribution in [0.5, 0.6) is 5.75 Å². The van der Waals surface area contributed by atoms with Crippen LogP contribution in [-0.4, -0.2) is 43.5 Å². The molecular weight excluding hydrogens is 373 g/mol. The van der Waals surface area contributed by atoms with Gasteiger partial charge in [0.25, 0.3) is 0 Å². The largest absolute Gasteiger partial charge is 0.494 e. The summed E-state index contributed by atoms with van der Waals surface area (Å²) in [6, 6.07) is 12.1. The average molecular weight is 399 g/mol. The molecule has 1 aliphatic rings. The molecule has 154 valence electrons. The van der Waals surface area contributed by atoms with E-state index in [1.807, 2.05) is 30.0 Å². The molecule has 7 heteroatoms. The molecule has 0 radical (unpaired) electrons. The van der Waals surface area contributed by atoms with Gasteiger partial charge in [-0.25, -0.2) is 4.39 Å². The first-order chi connectivity index (χ1) is 14.0. The van der Waals surface area contributed by atoms with Crippen LogP contribution >= 0.6 is 0 Å². The third-order valence-electron chi connectivity index (χ3n) is 4.95. The fourth-order valence-corrected chi connectivity index (χ4v) is 3.42. The molecule has 1 fully saturated rings. The summed E-state index contributed by atoms with van der Waals surface area (Å²) < 4.78 is 18.8. The highest BCUT2D eigenvalue weighted by Crippen LogP contribution is 2.24. The Morgan fingerprint density at radius 2 is 2.10 bits per heavy atom. The summed E-state index contributed by atoms with van der Waals surface area (Å²) in [6.07, 6.45) is 1.42. The van der Waals surface area contributed by atoms with Gasteiger partial charge in [0.15, 0.2) is 11.6 Å². The first kappa shape index (κ1) is 20.8. The molecule has 0 aliphatic carbocycles. The highest BCUT2D eigenvalue weighted by atomic mass is 19.1. The smallest absolute Gasteiger partial charge is 0.238 e. The predicted molar refractivity (Wildman–Crippen MR) is 111 cm³/mol. The van der Waals surface area contributed by atoms with Gasteiger partial charge in [-0.05, 0) is 48.9 Å². The molecule has 2 aromatic rings. The number of amides is 2. The molecule has 3 rings (SSSR count). The van der Waals surface area contributed by atoms with Crippen molar-refractivity contribution in [2.75, 3.05) is 37.0 Å². The molecule has 1 aliphatic heterocycles. The molecule has 2 amide bonds. The molecule has 6 nitrogen and oxygen atoms in total. The van der Waals surface area contributed by atoms with Crippen LogP contribution < -0.4 is 15.0 Å². The number of hydrogen-bond acceptors (Lipinski definition) is 4. The number of rotatable bonds is 8. The van der Waals surface area contributed by atoms with E-state index in [0.29, 0.717) is 31.7 Å².